The maximum absolute atomic E-state index is 9.32. The van der Waals surface area contributed by atoms with E-state index in [1.165, 1.54) is 11.3 Å². The Morgan fingerprint density at radius 1 is 1.24 bits per heavy atom. The number of anilines is 1. The molecule has 5 heteroatoms. The molecule has 3 rings (SSSR count). The van der Waals surface area contributed by atoms with Gasteiger partial charge in [-0.25, -0.2) is 4.98 Å². The highest BCUT2D eigenvalue weighted by Crippen LogP contribution is 2.26. The third-order valence-electron chi connectivity index (χ3n) is 2.85. The van der Waals surface area contributed by atoms with E-state index >= 15 is 0 Å². The van der Waals surface area contributed by atoms with Gasteiger partial charge in [-0.15, -0.1) is 11.3 Å². The van der Waals surface area contributed by atoms with Gasteiger partial charge in [-0.2, -0.15) is 5.26 Å². The molecule has 0 aliphatic rings. The summed E-state index contributed by atoms with van der Waals surface area (Å²) in [6.07, 6.45) is 1.66. The van der Waals surface area contributed by atoms with E-state index in [9.17, 15) is 5.26 Å². The van der Waals surface area contributed by atoms with E-state index in [0.717, 1.165) is 15.9 Å². The van der Waals surface area contributed by atoms with Crippen molar-refractivity contribution in [3.63, 3.8) is 0 Å². The first-order chi connectivity index (χ1) is 10.3. The molecule has 0 atom stereocenters. The van der Waals surface area contributed by atoms with Crippen molar-refractivity contribution >= 4 is 44.4 Å². The highest BCUT2D eigenvalue weighted by Gasteiger charge is 2.08. The Bertz CT molecular complexity index is 828. The molecule has 0 bridgehead atoms. The largest absolute Gasteiger partial charge is 0.360 e. The van der Waals surface area contributed by atoms with Crippen LogP contribution < -0.4 is 5.32 Å². The van der Waals surface area contributed by atoms with E-state index < -0.39 is 0 Å². The molecule has 21 heavy (non-hydrogen) atoms. The Kier molecular flexibility index (Phi) is 3.87. The smallest absolute Gasteiger partial charge is 0.136 e. The number of rotatable bonds is 3. The maximum Gasteiger partial charge on any atom is 0.136 e. The fraction of sp³-hybridized carbons (Fsp3) is 0. The second-order valence-electron chi connectivity index (χ2n) is 4.31. The number of fused-ring (bicyclic) bond motifs is 1. The molecule has 0 aliphatic carbocycles. The average Bonchev–Trinajstić information content (AvgIpc) is 2.91. The molecule has 0 spiro atoms. The van der Waals surface area contributed by atoms with Crippen molar-refractivity contribution in [2.45, 2.75) is 0 Å². The summed E-state index contributed by atoms with van der Waals surface area (Å²) in [6.45, 7) is 0. The molecule has 0 aliphatic heterocycles. The third kappa shape index (κ3) is 3.05. The quantitative estimate of drug-likeness (QED) is 0.698. The summed E-state index contributed by atoms with van der Waals surface area (Å²) < 4.78 is 1.07. The van der Waals surface area contributed by atoms with Crippen LogP contribution in [0.1, 0.15) is 5.01 Å². The lowest BCUT2D eigenvalue weighted by Gasteiger charge is -2.01. The molecule has 0 amide bonds. The zero-order valence-corrected chi connectivity index (χ0v) is 12.4. The van der Waals surface area contributed by atoms with Crippen molar-refractivity contribution in [3.05, 3.63) is 64.8 Å². The second-order valence-corrected chi connectivity index (χ2v) is 5.78. The first-order valence-electron chi connectivity index (χ1n) is 6.24. The lowest BCUT2D eigenvalue weighted by atomic mass is 10.3. The molecule has 102 valence electrons. The minimum Gasteiger partial charge on any atom is -0.360 e. The number of aromatic nitrogens is 1. The number of allylic oxidation sites excluding steroid dienone is 1. The van der Waals surface area contributed by atoms with E-state index in [-0.39, 0.29) is 0 Å². The normalized spacial score (nSPS) is 11.3. The number of hydrogen-bond acceptors (Lipinski definition) is 4. The number of thiazole rings is 1. The molecule has 0 unspecified atom stereocenters. The number of para-hydroxylation sites is 1. The third-order valence-corrected chi connectivity index (χ3v) is 4.16. The van der Waals surface area contributed by atoms with Crippen LogP contribution in [0, 0.1) is 11.3 Å². The predicted octanol–water partition coefficient (Wildman–Crippen LogP) is 4.93. The number of halogens is 1. The molecular formula is C16H10ClN3S. The molecule has 0 fully saturated rings. The van der Waals surface area contributed by atoms with Crippen LogP contribution in [-0.2, 0) is 0 Å². The molecule has 3 nitrogen and oxygen atoms in total. The summed E-state index contributed by atoms with van der Waals surface area (Å²) in [5.74, 6) is 0. The van der Waals surface area contributed by atoms with Crippen LogP contribution >= 0.6 is 22.9 Å². The standard InChI is InChI=1S/C16H10ClN3S/c17-12-4-3-5-13(8-12)19-10-11(9-18)16-20-14-6-1-2-7-15(14)21-16/h1-8,10,19H/b11-10+. The summed E-state index contributed by atoms with van der Waals surface area (Å²) in [4.78, 5) is 4.48. The van der Waals surface area contributed by atoms with Gasteiger partial charge < -0.3 is 5.32 Å². The van der Waals surface area contributed by atoms with E-state index in [0.29, 0.717) is 15.6 Å². The van der Waals surface area contributed by atoms with Gasteiger partial charge in [0, 0.05) is 16.9 Å². The molecule has 1 aromatic heterocycles. The monoisotopic (exact) mass is 311 g/mol. The summed E-state index contributed by atoms with van der Waals surface area (Å²) in [7, 11) is 0. The summed E-state index contributed by atoms with van der Waals surface area (Å²) in [6, 6.07) is 17.3. The topological polar surface area (TPSA) is 48.7 Å². The molecular weight excluding hydrogens is 302 g/mol. The van der Waals surface area contributed by atoms with Crippen LogP contribution in [0.5, 0.6) is 0 Å². The second kappa shape index (κ2) is 5.96. The number of nitrogens with zero attached hydrogens (tertiary/aromatic N) is 2. The van der Waals surface area contributed by atoms with Crippen molar-refractivity contribution in [1.82, 2.24) is 4.98 Å². The zero-order chi connectivity index (χ0) is 14.7. The highest BCUT2D eigenvalue weighted by molar-refractivity contribution is 7.19. The summed E-state index contributed by atoms with van der Waals surface area (Å²) in [5, 5.41) is 13.7. The zero-order valence-electron chi connectivity index (χ0n) is 10.9. The Morgan fingerprint density at radius 3 is 2.86 bits per heavy atom. The minimum absolute atomic E-state index is 0.496. The number of hydrogen-bond donors (Lipinski definition) is 1. The van der Waals surface area contributed by atoms with Crippen molar-refractivity contribution in [2.24, 2.45) is 0 Å². The predicted molar refractivity (Wildman–Crippen MR) is 88.3 cm³/mol. The van der Waals surface area contributed by atoms with Gasteiger partial charge in [-0.1, -0.05) is 29.8 Å². The number of nitriles is 1. The van der Waals surface area contributed by atoms with Gasteiger partial charge in [0.15, 0.2) is 0 Å². The van der Waals surface area contributed by atoms with Crippen LogP contribution in [0.3, 0.4) is 0 Å². The van der Waals surface area contributed by atoms with Gasteiger partial charge in [0.25, 0.3) is 0 Å². The molecule has 3 aromatic rings. The van der Waals surface area contributed by atoms with Crippen molar-refractivity contribution in [3.8, 4) is 6.07 Å². The Hall–Kier alpha value is -2.35. The maximum atomic E-state index is 9.32. The average molecular weight is 312 g/mol. The van der Waals surface area contributed by atoms with E-state index in [2.05, 4.69) is 16.4 Å². The minimum atomic E-state index is 0.496. The molecule has 0 saturated heterocycles. The van der Waals surface area contributed by atoms with E-state index in [4.69, 9.17) is 11.6 Å². The fourth-order valence-corrected chi connectivity index (χ4v) is 2.98. The number of nitrogens with one attached hydrogen (secondary N) is 1. The van der Waals surface area contributed by atoms with E-state index in [1.54, 1.807) is 18.3 Å². The SMILES string of the molecule is N#C/C(=C\Nc1cccc(Cl)c1)c1nc2ccccc2s1. The van der Waals surface area contributed by atoms with Gasteiger partial charge in [0.05, 0.1) is 10.2 Å². The van der Waals surface area contributed by atoms with Crippen molar-refractivity contribution < 1.29 is 0 Å². The van der Waals surface area contributed by atoms with Gasteiger partial charge in [-0.05, 0) is 30.3 Å². The van der Waals surface area contributed by atoms with Crippen LogP contribution in [0.4, 0.5) is 5.69 Å². The van der Waals surface area contributed by atoms with Gasteiger partial charge in [0.2, 0.25) is 0 Å². The van der Waals surface area contributed by atoms with Crippen LogP contribution in [0.2, 0.25) is 5.02 Å². The molecule has 0 saturated carbocycles. The molecule has 2 aromatic carbocycles. The first kappa shape index (κ1) is 13.6. The Balaban J connectivity index is 1.91. The first-order valence-corrected chi connectivity index (χ1v) is 7.44. The van der Waals surface area contributed by atoms with Crippen molar-refractivity contribution in [1.29, 1.82) is 5.26 Å². The Labute approximate surface area is 131 Å². The summed E-state index contributed by atoms with van der Waals surface area (Å²) >= 11 is 7.43. The lowest BCUT2D eigenvalue weighted by Crippen LogP contribution is -1.90. The van der Waals surface area contributed by atoms with Crippen molar-refractivity contribution in [2.75, 3.05) is 5.32 Å². The Morgan fingerprint density at radius 2 is 2.10 bits per heavy atom. The van der Waals surface area contributed by atoms with Gasteiger partial charge in [0.1, 0.15) is 16.6 Å². The lowest BCUT2D eigenvalue weighted by molar-refractivity contribution is 1.42. The van der Waals surface area contributed by atoms with Crippen LogP contribution in [0.25, 0.3) is 15.8 Å². The highest BCUT2D eigenvalue weighted by atomic mass is 35.5. The number of benzene rings is 2. The molecule has 0 radical (unpaired) electrons. The summed E-state index contributed by atoms with van der Waals surface area (Å²) in [5.41, 5.74) is 2.23. The van der Waals surface area contributed by atoms with Crippen LogP contribution in [-0.4, -0.2) is 4.98 Å². The van der Waals surface area contributed by atoms with E-state index in [1.807, 2.05) is 36.4 Å². The fourth-order valence-electron chi connectivity index (χ4n) is 1.86. The molecule has 1 N–H and O–H groups in total. The van der Waals surface area contributed by atoms with Gasteiger partial charge in [-0.3, -0.25) is 0 Å². The van der Waals surface area contributed by atoms with Gasteiger partial charge >= 0.3 is 0 Å². The van der Waals surface area contributed by atoms with Crippen LogP contribution in [0.15, 0.2) is 54.7 Å². The molecule has 1 heterocycles.